The van der Waals surface area contributed by atoms with E-state index in [-0.39, 0.29) is 5.82 Å². The summed E-state index contributed by atoms with van der Waals surface area (Å²) in [5, 5.41) is 5.18. The predicted molar refractivity (Wildman–Crippen MR) is 73.3 cm³/mol. The van der Waals surface area contributed by atoms with E-state index >= 15 is 0 Å². The molecule has 0 heterocycles. The molecule has 0 spiro atoms. The van der Waals surface area contributed by atoms with E-state index in [1.807, 2.05) is 25.2 Å². The van der Waals surface area contributed by atoms with Crippen molar-refractivity contribution in [1.29, 1.82) is 0 Å². The second kappa shape index (κ2) is 4.69. The van der Waals surface area contributed by atoms with Gasteiger partial charge >= 0.3 is 0 Å². The predicted octanol–water partition coefficient (Wildman–Crippen LogP) is 3.97. The molecule has 1 N–H and O–H groups in total. The third-order valence-corrected chi connectivity index (χ3v) is 4.03. The summed E-state index contributed by atoms with van der Waals surface area (Å²) in [6.45, 7) is 0. The maximum absolute atomic E-state index is 14.2. The zero-order valence-electron chi connectivity index (χ0n) is 10.7. The highest BCUT2D eigenvalue weighted by atomic mass is 19.1. The highest BCUT2D eigenvalue weighted by molar-refractivity contribution is 5.87. The van der Waals surface area contributed by atoms with Crippen molar-refractivity contribution in [2.45, 2.75) is 31.7 Å². The van der Waals surface area contributed by atoms with Crippen LogP contribution in [0.1, 0.15) is 36.4 Å². The smallest absolute Gasteiger partial charge is 0.131 e. The van der Waals surface area contributed by atoms with Crippen LogP contribution in [0, 0.1) is 5.82 Å². The molecule has 2 aromatic carbocycles. The Morgan fingerprint density at radius 3 is 2.72 bits per heavy atom. The summed E-state index contributed by atoms with van der Waals surface area (Å²) in [7, 11) is 1.97. The van der Waals surface area contributed by atoms with Crippen molar-refractivity contribution in [2.75, 3.05) is 7.05 Å². The van der Waals surface area contributed by atoms with Gasteiger partial charge in [0.2, 0.25) is 0 Å². The average Bonchev–Trinajstić information content (AvgIpc) is 2.61. The minimum Gasteiger partial charge on any atom is -0.313 e. The van der Waals surface area contributed by atoms with E-state index in [2.05, 4.69) is 11.4 Å². The highest BCUT2D eigenvalue weighted by Gasteiger charge is 2.20. The van der Waals surface area contributed by atoms with Crippen molar-refractivity contribution in [3.05, 3.63) is 47.3 Å². The molecule has 0 amide bonds. The number of rotatable bonds is 1. The monoisotopic (exact) mass is 243 g/mol. The summed E-state index contributed by atoms with van der Waals surface area (Å²) in [4.78, 5) is 0. The van der Waals surface area contributed by atoms with Gasteiger partial charge in [-0.2, -0.15) is 0 Å². The first-order chi connectivity index (χ1) is 8.81. The molecule has 0 radical (unpaired) electrons. The van der Waals surface area contributed by atoms with Gasteiger partial charge in [0.15, 0.2) is 0 Å². The van der Waals surface area contributed by atoms with Crippen LogP contribution in [0.5, 0.6) is 0 Å². The number of hydrogen-bond donors (Lipinski definition) is 1. The van der Waals surface area contributed by atoms with Gasteiger partial charge in [0, 0.05) is 11.4 Å². The summed E-state index contributed by atoms with van der Waals surface area (Å²) in [6.07, 6.45) is 4.56. The number of benzene rings is 2. The van der Waals surface area contributed by atoms with Crippen molar-refractivity contribution in [2.24, 2.45) is 0 Å². The normalized spacial score (nSPS) is 19.6. The standard InChI is InChI=1S/C16H18FN/c1-18-16-9-5-4-7-12-11-6-2-3-8-13(11)15(17)10-14(12)16/h2-3,6,8,10,16,18H,4-5,7,9H2,1H3. The number of fused-ring (bicyclic) bond motifs is 3. The van der Waals surface area contributed by atoms with Crippen LogP contribution in [-0.2, 0) is 6.42 Å². The van der Waals surface area contributed by atoms with Crippen LogP contribution in [0.25, 0.3) is 10.8 Å². The zero-order chi connectivity index (χ0) is 12.5. The van der Waals surface area contributed by atoms with Gasteiger partial charge in [0.1, 0.15) is 5.82 Å². The molecule has 1 nitrogen and oxygen atoms in total. The summed E-state index contributed by atoms with van der Waals surface area (Å²) in [5.74, 6) is -0.0912. The Morgan fingerprint density at radius 1 is 1.17 bits per heavy atom. The lowest BCUT2D eigenvalue weighted by Crippen LogP contribution is -2.17. The molecule has 1 aliphatic rings. The summed E-state index contributed by atoms with van der Waals surface area (Å²) in [5.41, 5.74) is 2.50. The lowest BCUT2D eigenvalue weighted by molar-refractivity contribution is 0.530. The Labute approximate surface area is 107 Å². The molecule has 2 aromatic rings. The summed E-state index contributed by atoms with van der Waals surface area (Å²) >= 11 is 0. The fraction of sp³-hybridized carbons (Fsp3) is 0.375. The third kappa shape index (κ3) is 1.81. The Hall–Kier alpha value is -1.41. The lowest BCUT2D eigenvalue weighted by atomic mass is 9.93. The molecule has 3 rings (SSSR count). The van der Waals surface area contributed by atoms with Gasteiger partial charge in [0.05, 0.1) is 0 Å². The Kier molecular flexibility index (Phi) is 3.04. The van der Waals surface area contributed by atoms with Gasteiger partial charge in [-0.1, -0.05) is 30.7 Å². The summed E-state index contributed by atoms with van der Waals surface area (Å²) < 4.78 is 14.2. The van der Waals surface area contributed by atoms with E-state index in [4.69, 9.17) is 0 Å². The maximum Gasteiger partial charge on any atom is 0.131 e. The minimum absolute atomic E-state index is 0.0912. The quantitative estimate of drug-likeness (QED) is 0.747. The second-order valence-corrected chi connectivity index (χ2v) is 5.06. The molecular weight excluding hydrogens is 225 g/mol. The first-order valence-corrected chi connectivity index (χ1v) is 6.68. The average molecular weight is 243 g/mol. The molecule has 18 heavy (non-hydrogen) atoms. The highest BCUT2D eigenvalue weighted by Crippen LogP contribution is 2.34. The van der Waals surface area contributed by atoms with E-state index in [9.17, 15) is 4.39 Å². The third-order valence-electron chi connectivity index (χ3n) is 4.03. The van der Waals surface area contributed by atoms with Gasteiger partial charge in [-0.15, -0.1) is 0 Å². The van der Waals surface area contributed by atoms with E-state index in [1.54, 1.807) is 6.07 Å². The molecule has 1 atom stereocenters. The van der Waals surface area contributed by atoms with Gasteiger partial charge in [-0.25, -0.2) is 4.39 Å². The van der Waals surface area contributed by atoms with Crippen molar-refractivity contribution < 1.29 is 4.39 Å². The number of nitrogens with one attached hydrogen (secondary N) is 1. The van der Waals surface area contributed by atoms with Gasteiger partial charge < -0.3 is 5.32 Å². The van der Waals surface area contributed by atoms with E-state index in [1.165, 1.54) is 18.4 Å². The van der Waals surface area contributed by atoms with Crippen LogP contribution in [0.15, 0.2) is 30.3 Å². The van der Waals surface area contributed by atoms with Crippen molar-refractivity contribution in [1.82, 2.24) is 5.32 Å². The van der Waals surface area contributed by atoms with Crippen LogP contribution >= 0.6 is 0 Å². The molecule has 1 aliphatic carbocycles. The SMILES string of the molecule is CNC1CCCCc2c1cc(F)c1ccccc21. The molecule has 0 fully saturated rings. The lowest BCUT2D eigenvalue weighted by Gasteiger charge is -2.18. The van der Waals surface area contributed by atoms with Gasteiger partial charge in [-0.05, 0) is 48.9 Å². The first kappa shape index (κ1) is 11.7. The van der Waals surface area contributed by atoms with Gasteiger partial charge in [0.25, 0.3) is 0 Å². The van der Waals surface area contributed by atoms with Crippen LogP contribution < -0.4 is 5.32 Å². The number of halogens is 1. The summed E-state index contributed by atoms with van der Waals surface area (Å²) in [6, 6.07) is 9.87. The zero-order valence-corrected chi connectivity index (χ0v) is 10.7. The Morgan fingerprint density at radius 2 is 1.94 bits per heavy atom. The molecule has 94 valence electrons. The number of aryl methyl sites for hydroxylation is 1. The molecule has 1 unspecified atom stereocenters. The van der Waals surface area contributed by atoms with E-state index < -0.39 is 0 Å². The fourth-order valence-electron chi connectivity index (χ4n) is 3.11. The fourth-order valence-corrected chi connectivity index (χ4v) is 3.11. The van der Waals surface area contributed by atoms with Crippen molar-refractivity contribution in [3.8, 4) is 0 Å². The van der Waals surface area contributed by atoms with Crippen LogP contribution in [0.3, 0.4) is 0 Å². The molecule has 0 saturated heterocycles. The molecule has 0 aliphatic heterocycles. The Balaban J connectivity index is 2.30. The molecular formula is C16H18FN. The molecule has 0 saturated carbocycles. The van der Waals surface area contributed by atoms with Crippen molar-refractivity contribution >= 4 is 10.8 Å². The van der Waals surface area contributed by atoms with E-state index in [0.29, 0.717) is 6.04 Å². The minimum atomic E-state index is -0.0912. The van der Waals surface area contributed by atoms with Crippen LogP contribution in [-0.4, -0.2) is 7.05 Å². The van der Waals surface area contributed by atoms with Crippen LogP contribution in [0.2, 0.25) is 0 Å². The molecule has 0 aromatic heterocycles. The Bertz CT molecular complexity index is 577. The largest absolute Gasteiger partial charge is 0.313 e. The number of hydrogen-bond acceptors (Lipinski definition) is 1. The molecule has 0 bridgehead atoms. The van der Waals surface area contributed by atoms with Crippen molar-refractivity contribution in [3.63, 3.8) is 0 Å². The van der Waals surface area contributed by atoms with Gasteiger partial charge in [-0.3, -0.25) is 0 Å². The van der Waals surface area contributed by atoms with E-state index in [0.717, 1.165) is 29.2 Å². The van der Waals surface area contributed by atoms with Crippen LogP contribution in [0.4, 0.5) is 4.39 Å². The topological polar surface area (TPSA) is 12.0 Å². The maximum atomic E-state index is 14.2. The second-order valence-electron chi connectivity index (χ2n) is 5.06. The first-order valence-electron chi connectivity index (χ1n) is 6.68. The molecule has 2 heteroatoms.